The summed E-state index contributed by atoms with van der Waals surface area (Å²) in [6.45, 7) is 7.96. The number of nitrogens with one attached hydrogen (secondary N) is 3. The SMILES string of the molecule is CCCC(CC)S(=O)(=O)C[C@H](NC(=O)c1ccc(C)cc1)C(=O)N[C@@H](Cc1cc(F)cc(F)c1)[C@H](O)CNCc1cccc(CC)c1.Cl. The Labute approximate surface area is 289 Å². The van der Waals surface area contributed by atoms with Gasteiger partial charge in [0.1, 0.15) is 17.7 Å². The zero-order valence-electron chi connectivity index (χ0n) is 28.0. The van der Waals surface area contributed by atoms with Crippen molar-refractivity contribution < 1.29 is 31.9 Å². The van der Waals surface area contributed by atoms with Crippen molar-refractivity contribution in [2.75, 3.05) is 12.3 Å². The van der Waals surface area contributed by atoms with Crippen LogP contribution < -0.4 is 16.0 Å². The third-order valence-electron chi connectivity index (χ3n) is 8.16. The number of aryl methyl sites for hydroxylation is 2. The Morgan fingerprint density at radius 3 is 2.12 bits per heavy atom. The molecule has 0 spiro atoms. The molecule has 0 saturated carbocycles. The Balaban J connectivity index is 0.00000800. The number of aliphatic hydroxyl groups is 1. The highest BCUT2D eigenvalue weighted by Crippen LogP contribution is 2.17. The number of hydrogen-bond donors (Lipinski definition) is 4. The molecule has 48 heavy (non-hydrogen) atoms. The van der Waals surface area contributed by atoms with Crippen molar-refractivity contribution in [1.82, 2.24) is 16.0 Å². The van der Waals surface area contributed by atoms with E-state index in [0.29, 0.717) is 25.8 Å². The standard InChI is InChI=1S/C36H47F2N3O5S.ClH/c1-5-9-31(7-3)47(45,46)23-33(41-35(43)28-14-12-24(4)13-15-28)36(44)40-32(19-27-17-29(37)20-30(38)18-27)34(42)22-39-21-26-11-8-10-25(6-2)16-26;/h8,10-18,20,31-34,39,42H,5-7,9,19,21-23H2,1-4H3,(H,40,44)(H,41,43);1H/t31?,32-,33-,34+;/m0./s1. The van der Waals surface area contributed by atoms with Crippen LogP contribution in [0, 0.1) is 18.6 Å². The van der Waals surface area contributed by atoms with Gasteiger partial charge < -0.3 is 21.1 Å². The number of hydrogen-bond acceptors (Lipinski definition) is 6. The van der Waals surface area contributed by atoms with Crippen molar-refractivity contribution in [2.45, 2.75) is 89.8 Å². The highest BCUT2D eigenvalue weighted by atomic mass is 35.5. The number of sulfone groups is 1. The minimum Gasteiger partial charge on any atom is -0.390 e. The Bertz CT molecular complexity index is 1570. The average molecular weight is 708 g/mol. The monoisotopic (exact) mass is 707 g/mol. The van der Waals surface area contributed by atoms with E-state index < -0.39 is 62.5 Å². The Hall–Kier alpha value is -3.38. The van der Waals surface area contributed by atoms with Gasteiger partial charge in [0.05, 0.1) is 23.1 Å². The van der Waals surface area contributed by atoms with Crippen molar-refractivity contribution >= 4 is 34.1 Å². The van der Waals surface area contributed by atoms with Crippen LogP contribution in [0.3, 0.4) is 0 Å². The number of halogens is 3. The molecule has 0 aliphatic carbocycles. The van der Waals surface area contributed by atoms with Crippen LogP contribution in [0.1, 0.15) is 72.6 Å². The predicted molar refractivity (Wildman–Crippen MR) is 188 cm³/mol. The molecule has 0 aromatic heterocycles. The third kappa shape index (κ3) is 12.6. The smallest absolute Gasteiger partial charge is 0.251 e. The maximum absolute atomic E-state index is 14.1. The van der Waals surface area contributed by atoms with E-state index in [4.69, 9.17) is 0 Å². The van der Waals surface area contributed by atoms with Crippen LogP contribution in [0.15, 0.2) is 66.7 Å². The van der Waals surface area contributed by atoms with Crippen LogP contribution in [-0.4, -0.2) is 61.1 Å². The number of aliphatic hydroxyl groups excluding tert-OH is 1. The first-order chi connectivity index (χ1) is 22.3. The Morgan fingerprint density at radius 1 is 0.875 bits per heavy atom. The van der Waals surface area contributed by atoms with Crippen molar-refractivity contribution in [3.05, 3.63) is 106 Å². The number of benzene rings is 3. The lowest BCUT2D eigenvalue weighted by atomic mass is 10.00. The second-order valence-electron chi connectivity index (χ2n) is 12.0. The van der Waals surface area contributed by atoms with Crippen LogP contribution in [0.25, 0.3) is 0 Å². The molecule has 0 aliphatic heterocycles. The van der Waals surface area contributed by atoms with Gasteiger partial charge in [-0.3, -0.25) is 9.59 Å². The highest BCUT2D eigenvalue weighted by molar-refractivity contribution is 7.92. The fourth-order valence-electron chi connectivity index (χ4n) is 5.47. The summed E-state index contributed by atoms with van der Waals surface area (Å²) < 4.78 is 55.1. The van der Waals surface area contributed by atoms with Crippen molar-refractivity contribution in [2.24, 2.45) is 0 Å². The Kier molecular flexibility index (Phi) is 16.6. The normalized spacial score (nSPS) is 13.9. The maximum Gasteiger partial charge on any atom is 0.251 e. The first-order valence-electron chi connectivity index (χ1n) is 16.2. The van der Waals surface area contributed by atoms with Crippen LogP contribution in [0.2, 0.25) is 0 Å². The number of carbonyl (C=O) groups excluding carboxylic acids is 2. The summed E-state index contributed by atoms with van der Waals surface area (Å²) in [6, 6.07) is 14.9. The molecule has 4 N–H and O–H groups in total. The van der Waals surface area contributed by atoms with E-state index >= 15 is 0 Å². The van der Waals surface area contributed by atoms with E-state index in [1.807, 2.05) is 45.0 Å². The summed E-state index contributed by atoms with van der Waals surface area (Å²) >= 11 is 0. The van der Waals surface area contributed by atoms with Gasteiger partial charge in [0, 0.05) is 24.7 Å². The summed E-state index contributed by atoms with van der Waals surface area (Å²) in [5, 5.41) is 19.0. The minimum atomic E-state index is -3.84. The molecule has 3 rings (SSSR count). The van der Waals surface area contributed by atoms with Gasteiger partial charge >= 0.3 is 0 Å². The molecule has 8 nitrogen and oxygen atoms in total. The van der Waals surface area contributed by atoms with Crippen molar-refractivity contribution in [1.29, 1.82) is 0 Å². The van der Waals surface area contributed by atoms with E-state index in [1.165, 1.54) is 0 Å². The molecule has 0 bridgehead atoms. The lowest BCUT2D eigenvalue weighted by molar-refractivity contribution is -0.124. The van der Waals surface area contributed by atoms with E-state index in [1.54, 1.807) is 31.2 Å². The van der Waals surface area contributed by atoms with Crippen LogP contribution in [-0.2, 0) is 34.0 Å². The van der Waals surface area contributed by atoms with Gasteiger partial charge in [0.2, 0.25) is 5.91 Å². The maximum atomic E-state index is 14.1. The zero-order valence-corrected chi connectivity index (χ0v) is 29.6. The Morgan fingerprint density at radius 2 is 1.52 bits per heavy atom. The summed E-state index contributed by atoms with van der Waals surface area (Å²) in [5.74, 6) is -3.76. The van der Waals surface area contributed by atoms with Gasteiger partial charge in [0.15, 0.2) is 9.84 Å². The molecular formula is C36H48ClF2N3O5S. The van der Waals surface area contributed by atoms with Gasteiger partial charge in [-0.05, 0) is 73.6 Å². The minimum absolute atomic E-state index is 0. The van der Waals surface area contributed by atoms with Crippen LogP contribution >= 0.6 is 12.4 Å². The summed E-state index contributed by atoms with van der Waals surface area (Å²) in [4.78, 5) is 27.0. The molecule has 0 heterocycles. The molecule has 0 fully saturated rings. The highest BCUT2D eigenvalue weighted by Gasteiger charge is 2.34. The second-order valence-corrected chi connectivity index (χ2v) is 14.3. The van der Waals surface area contributed by atoms with E-state index in [-0.39, 0.29) is 36.5 Å². The molecular weight excluding hydrogens is 660 g/mol. The molecule has 4 atom stereocenters. The van der Waals surface area contributed by atoms with Gasteiger partial charge in [0.25, 0.3) is 5.91 Å². The van der Waals surface area contributed by atoms with E-state index in [2.05, 4.69) is 16.0 Å². The number of amides is 2. The molecule has 1 unspecified atom stereocenters. The molecule has 0 radical (unpaired) electrons. The van der Waals surface area contributed by atoms with Gasteiger partial charge in [-0.25, -0.2) is 17.2 Å². The van der Waals surface area contributed by atoms with Crippen LogP contribution in [0.4, 0.5) is 8.78 Å². The first-order valence-corrected chi connectivity index (χ1v) is 17.9. The molecule has 0 saturated heterocycles. The number of rotatable bonds is 18. The number of carbonyl (C=O) groups is 2. The molecule has 264 valence electrons. The largest absolute Gasteiger partial charge is 0.390 e. The fourth-order valence-corrected chi connectivity index (χ4v) is 7.55. The molecule has 2 amide bonds. The summed E-state index contributed by atoms with van der Waals surface area (Å²) in [6.07, 6.45) is 0.831. The predicted octanol–water partition coefficient (Wildman–Crippen LogP) is 5.23. The molecule has 12 heteroatoms. The fraction of sp³-hybridized carbons (Fsp3) is 0.444. The summed E-state index contributed by atoms with van der Waals surface area (Å²) in [7, 11) is -3.84. The van der Waals surface area contributed by atoms with Gasteiger partial charge in [-0.15, -0.1) is 12.4 Å². The summed E-state index contributed by atoms with van der Waals surface area (Å²) in [5.41, 5.74) is 3.49. The van der Waals surface area contributed by atoms with Gasteiger partial charge in [-0.1, -0.05) is 69.2 Å². The quantitative estimate of drug-likeness (QED) is 0.144. The van der Waals surface area contributed by atoms with Crippen LogP contribution in [0.5, 0.6) is 0 Å². The lowest BCUT2D eigenvalue weighted by Crippen LogP contribution is -2.57. The average Bonchev–Trinajstić information content (AvgIpc) is 3.02. The molecule has 3 aromatic carbocycles. The van der Waals surface area contributed by atoms with E-state index in [9.17, 15) is 31.9 Å². The van der Waals surface area contributed by atoms with Crippen molar-refractivity contribution in [3.63, 3.8) is 0 Å². The second kappa shape index (κ2) is 19.6. The lowest BCUT2D eigenvalue weighted by Gasteiger charge is -2.28. The molecule has 3 aromatic rings. The zero-order chi connectivity index (χ0) is 34.6. The van der Waals surface area contributed by atoms with Gasteiger partial charge in [-0.2, -0.15) is 0 Å². The van der Waals surface area contributed by atoms with E-state index in [0.717, 1.165) is 41.3 Å². The molecule has 0 aliphatic rings. The topological polar surface area (TPSA) is 125 Å². The van der Waals surface area contributed by atoms with Crippen molar-refractivity contribution in [3.8, 4) is 0 Å². The third-order valence-corrected chi connectivity index (χ3v) is 10.5. The first kappa shape index (κ1) is 40.8.